The second-order valence-corrected chi connectivity index (χ2v) is 4.49. The Hall–Kier alpha value is -0.0800. The zero-order chi connectivity index (χ0) is 12.5. The predicted octanol–water partition coefficient (Wildman–Crippen LogP) is 4.69. The number of nitrogens with one attached hydrogen (secondary N) is 1. The van der Waals surface area contributed by atoms with Crippen molar-refractivity contribution in [2.24, 2.45) is 0 Å². The molecule has 0 atom stereocenters. The molecular formula is C14H28BrN. The molecule has 0 spiro atoms. The lowest BCUT2D eigenvalue weighted by Gasteiger charge is -1.95. The molecule has 0 bridgehead atoms. The maximum absolute atomic E-state index is 3.54. The van der Waals surface area contributed by atoms with Gasteiger partial charge in [-0.25, -0.2) is 0 Å². The molecule has 1 N–H and O–H groups in total. The first-order valence-corrected chi connectivity index (χ1v) is 7.44. The van der Waals surface area contributed by atoms with Crippen LogP contribution in [0.2, 0.25) is 0 Å². The van der Waals surface area contributed by atoms with Crippen LogP contribution in [0.3, 0.4) is 0 Å². The van der Waals surface area contributed by atoms with Gasteiger partial charge in [0.15, 0.2) is 0 Å². The van der Waals surface area contributed by atoms with Gasteiger partial charge in [0.2, 0.25) is 0 Å². The summed E-state index contributed by atoms with van der Waals surface area (Å²) < 4.78 is 0. The monoisotopic (exact) mass is 289 g/mol. The van der Waals surface area contributed by atoms with Gasteiger partial charge in [0.1, 0.15) is 0 Å². The normalized spacial score (nSPS) is 9.12. The maximum atomic E-state index is 3.54. The van der Waals surface area contributed by atoms with Gasteiger partial charge in [-0.15, -0.1) is 13.2 Å². The Morgan fingerprint density at radius 1 is 0.938 bits per heavy atom. The van der Waals surface area contributed by atoms with E-state index in [4.69, 9.17) is 0 Å². The Bertz CT molecular complexity index is 121. The molecule has 16 heavy (non-hydrogen) atoms. The van der Waals surface area contributed by atoms with E-state index in [9.17, 15) is 0 Å². The van der Waals surface area contributed by atoms with Crippen LogP contribution in [0.15, 0.2) is 25.3 Å². The SMILES string of the molecule is C=CCNCC=C.CCCCCCCCBr. The molecule has 2 heteroatoms. The Balaban J connectivity index is 0. The summed E-state index contributed by atoms with van der Waals surface area (Å²) in [6.45, 7) is 11.1. The van der Waals surface area contributed by atoms with Crippen molar-refractivity contribution in [1.82, 2.24) is 5.32 Å². The summed E-state index contributed by atoms with van der Waals surface area (Å²) in [5.41, 5.74) is 0. The van der Waals surface area contributed by atoms with Gasteiger partial charge in [-0.3, -0.25) is 0 Å². The number of unbranched alkanes of at least 4 members (excludes halogenated alkanes) is 5. The number of halogens is 1. The van der Waals surface area contributed by atoms with Gasteiger partial charge in [0, 0.05) is 18.4 Å². The van der Waals surface area contributed by atoms with Crippen LogP contribution in [0.5, 0.6) is 0 Å². The molecule has 0 rings (SSSR count). The third-order valence-electron chi connectivity index (χ3n) is 2.06. The predicted molar refractivity (Wildman–Crippen MR) is 80.4 cm³/mol. The standard InChI is InChI=1S/C8H17Br.C6H11N/c1-2-3-4-5-6-7-8-9;1-3-5-7-6-4-2/h2-8H2,1H3;3-4,7H,1-2,5-6H2. The van der Waals surface area contributed by atoms with Gasteiger partial charge < -0.3 is 5.32 Å². The fourth-order valence-electron chi connectivity index (χ4n) is 1.16. The lowest BCUT2D eigenvalue weighted by Crippen LogP contribution is -2.11. The molecule has 0 aromatic heterocycles. The van der Waals surface area contributed by atoms with Crippen LogP contribution in [-0.2, 0) is 0 Å². The van der Waals surface area contributed by atoms with Crippen molar-refractivity contribution in [2.45, 2.75) is 45.4 Å². The average molecular weight is 290 g/mol. The van der Waals surface area contributed by atoms with E-state index in [1.165, 1.54) is 43.9 Å². The largest absolute Gasteiger partial charge is 0.310 e. The first-order chi connectivity index (χ1) is 7.83. The Kier molecular flexibility index (Phi) is 23.3. The third-order valence-corrected chi connectivity index (χ3v) is 2.63. The molecule has 0 saturated carbocycles. The van der Waals surface area contributed by atoms with E-state index in [1.807, 2.05) is 12.2 Å². The molecule has 0 aliphatic carbocycles. The van der Waals surface area contributed by atoms with E-state index in [0.29, 0.717) is 0 Å². The molecule has 0 aliphatic rings. The number of alkyl halides is 1. The van der Waals surface area contributed by atoms with Crippen molar-refractivity contribution in [2.75, 3.05) is 18.4 Å². The number of rotatable bonds is 10. The van der Waals surface area contributed by atoms with E-state index >= 15 is 0 Å². The van der Waals surface area contributed by atoms with Crippen LogP contribution >= 0.6 is 15.9 Å². The van der Waals surface area contributed by atoms with Gasteiger partial charge in [-0.2, -0.15) is 0 Å². The highest BCUT2D eigenvalue weighted by atomic mass is 79.9. The summed E-state index contributed by atoms with van der Waals surface area (Å²) in [5.74, 6) is 0. The fourth-order valence-corrected chi connectivity index (χ4v) is 1.56. The van der Waals surface area contributed by atoms with E-state index in [2.05, 4.69) is 41.3 Å². The summed E-state index contributed by atoms with van der Waals surface area (Å²) in [6.07, 6.45) is 12.0. The number of hydrogen-bond donors (Lipinski definition) is 1. The van der Waals surface area contributed by atoms with Crippen molar-refractivity contribution in [3.63, 3.8) is 0 Å². The first kappa shape index (κ1) is 18.3. The molecule has 0 saturated heterocycles. The van der Waals surface area contributed by atoms with Crippen LogP contribution in [0, 0.1) is 0 Å². The van der Waals surface area contributed by atoms with E-state index < -0.39 is 0 Å². The van der Waals surface area contributed by atoms with Crippen molar-refractivity contribution < 1.29 is 0 Å². The highest BCUT2D eigenvalue weighted by Gasteiger charge is 1.86. The molecule has 0 aromatic rings. The number of hydrogen-bond acceptors (Lipinski definition) is 1. The average Bonchev–Trinajstić information content (AvgIpc) is 2.31. The minimum atomic E-state index is 0.867. The molecule has 0 aromatic carbocycles. The minimum Gasteiger partial charge on any atom is -0.310 e. The Labute approximate surface area is 111 Å². The van der Waals surface area contributed by atoms with Crippen molar-refractivity contribution in [1.29, 1.82) is 0 Å². The molecule has 0 unspecified atom stereocenters. The highest BCUT2D eigenvalue weighted by Crippen LogP contribution is 2.05. The van der Waals surface area contributed by atoms with Crippen molar-refractivity contribution >= 4 is 15.9 Å². The topological polar surface area (TPSA) is 12.0 Å². The zero-order valence-corrected chi connectivity index (χ0v) is 12.4. The van der Waals surface area contributed by atoms with E-state index in [1.54, 1.807) is 0 Å². The summed E-state index contributed by atoms with van der Waals surface area (Å²) >= 11 is 3.42. The van der Waals surface area contributed by atoms with Crippen LogP contribution in [0.1, 0.15) is 45.4 Å². The smallest absolute Gasteiger partial charge is 0.0135 e. The molecule has 0 heterocycles. The lowest BCUT2D eigenvalue weighted by molar-refractivity contribution is 0.628. The molecule has 1 nitrogen and oxygen atoms in total. The second-order valence-electron chi connectivity index (χ2n) is 3.69. The van der Waals surface area contributed by atoms with Crippen LogP contribution in [0.25, 0.3) is 0 Å². The zero-order valence-electron chi connectivity index (χ0n) is 10.8. The van der Waals surface area contributed by atoms with Crippen LogP contribution in [0.4, 0.5) is 0 Å². The molecule has 0 aliphatic heterocycles. The van der Waals surface area contributed by atoms with E-state index in [0.717, 1.165) is 13.1 Å². The Morgan fingerprint density at radius 3 is 1.88 bits per heavy atom. The summed E-state index contributed by atoms with van der Waals surface area (Å²) in [7, 11) is 0. The highest BCUT2D eigenvalue weighted by molar-refractivity contribution is 9.09. The summed E-state index contributed by atoms with van der Waals surface area (Å²) in [4.78, 5) is 0. The molecule has 0 fully saturated rings. The molecular weight excluding hydrogens is 262 g/mol. The molecule has 0 radical (unpaired) electrons. The second kappa shape index (κ2) is 20.3. The van der Waals surface area contributed by atoms with Gasteiger partial charge in [0.25, 0.3) is 0 Å². The Morgan fingerprint density at radius 2 is 1.44 bits per heavy atom. The quantitative estimate of drug-likeness (QED) is 0.349. The van der Waals surface area contributed by atoms with Crippen LogP contribution in [-0.4, -0.2) is 18.4 Å². The van der Waals surface area contributed by atoms with Crippen LogP contribution < -0.4 is 5.32 Å². The van der Waals surface area contributed by atoms with Gasteiger partial charge in [0.05, 0.1) is 0 Å². The van der Waals surface area contributed by atoms with Crippen molar-refractivity contribution in [3.05, 3.63) is 25.3 Å². The summed E-state index contributed by atoms with van der Waals surface area (Å²) in [5, 5.41) is 4.23. The summed E-state index contributed by atoms with van der Waals surface area (Å²) in [6, 6.07) is 0. The van der Waals surface area contributed by atoms with Gasteiger partial charge >= 0.3 is 0 Å². The minimum absolute atomic E-state index is 0.867. The maximum Gasteiger partial charge on any atom is 0.0135 e. The first-order valence-electron chi connectivity index (χ1n) is 6.31. The van der Waals surface area contributed by atoms with Gasteiger partial charge in [-0.1, -0.05) is 67.1 Å². The molecule has 0 amide bonds. The molecule has 96 valence electrons. The van der Waals surface area contributed by atoms with Gasteiger partial charge in [-0.05, 0) is 6.42 Å². The van der Waals surface area contributed by atoms with Crippen molar-refractivity contribution in [3.8, 4) is 0 Å². The fraction of sp³-hybridized carbons (Fsp3) is 0.714. The third kappa shape index (κ3) is 23.6. The van der Waals surface area contributed by atoms with E-state index in [-0.39, 0.29) is 0 Å². The lowest BCUT2D eigenvalue weighted by atomic mass is 10.1.